The molecule has 15 heteroatoms. The largest absolute Gasteiger partial charge is 0.573 e. The number of ether oxygens (including phenoxy) is 2. The number of nitrogens with one attached hydrogen (secondary N) is 3. The van der Waals surface area contributed by atoms with Gasteiger partial charge in [0.2, 0.25) is 0 Å². The maximum atomic E-state index is 13.2. The fourth-order valence-electron chi connectivity index (χ4n) is 5.33. The van der Waals surface area contributed by atoms with E-state index in [4.69, 9.17) is 16.2 Å². The highest BCUT2D eigenvalue weighted by atomic mass is 19.4. The van der Waals surface area contributed by atoms with Crippen LogP contribution in [0.2, 0.25) is 0 Å². The van der Waals surface area contributed by atoms with Crippen molar-refractivity contribution in [2.45, 2.75) is 45.2 Å². The Balaban J connectivity index is 1.23. The Bertz CT molecular complexity index is 1990. The highest BCUT2D eigenvalue weighted by molar-refractivity contribution is 5.83. The number of aromatic amines is 1. The van der Waals surface area contributed by atoms with Crippen molar-refractivity contribution in [3.8, 4) is 22.7 Å². The molecule has 51 heavy (non-hydrogen) atoms. The number of hydrogen-bond acceptors (Lipinski definition) is 7. The Morgan fingerprint density at radius 3 is 2.45 bits per heavy atom. The lowest BCUT2D eigenvalue weighted by Gasteiger charge is -2.13. The van der Waals surface area contributed by atoms with Crippen molar-refractivity contribution in [2.75, 3.05) is 19.6 Å². The number of H-pyrrole nitrogens is 1. The number of fused-ring (bicyclic) bond motifs is 1. The van der Waals surface area contributed by atoms with Crippen molar-refractivity contribution in [1.29, 1.82) is 0 Å². The molecule has 0 radical (unpaired) electrons. The molecule has 0 aliphatic heterocycles. The summed E-state index contributed by atoms with van der Waals surface area (Å²) in [6.45, 7) is 2.38. The van der Waals surface area contributed by atoms with Gasteiger partial charge < -0.3 is 36.6 Å². The predicted molar refractivity (Wildman–Crippen MR) is 188 cm³/mol. The topological polar surface area (TPSA) is 175 Å². The minimum Gasteiger partial charge on any atom is -0.445 e. The summed E-state index contributed by atoms with van der Waals surface area (Å²) in [4.78, 5) is 36.2. The van der Waals surface area contributed by atoms with Crippen LogP contribution in [-0.2, 0) is 24.3 Å². The normalized spacial score (nSPS) is 11.4. The second-order valence-electron chi connectivity index (χ2n) is 11.7. The van der Waals surface area contributed by atoms with E-state index in [1.807, 2.05) is 54.6 Å². The average Bonchev–Trinajstić information content (AvgIpc) is 3.51. The van der Waals surface area contributed by atoms with E-state index in [1.54, 1.807) is 18.3 Å². The second kappa shape index (κ2) is 17.2. The monoisotopic (exact) mass is 704 g/mol. The number of aryl methyl sites for hydroxylation is 1. The van der Waals surface area contributed by atoms with Crippen LogP contribution < -0.4 is 32.5 Å². The number of halogens is 3. The van der Waals surface area contributed by atoms with Gasteiger partial charge in [0, 0.05) is 42.5 Å². The van der Waals surface area contributed by atoms with Crippen LogP contribution in [0.25, 0.3) is 28.0 Å². The van der Waals surface area contributed by atoms with Crippen LogP contribution in [0.15, 0.2) is 94.8 Å². The van der Waals surface area contributed by atoms with E-state index in [0.29, 0.717) is 72.4 Å². The predicted octanol–water partition coefficient (Wildman–Crippen LogP) is 5.28. The first-order valence-electron chi connectivity index (χ1n) is 16.3. The summed E-state index contributed by atoms with van der Waals surface area (Å²) in [7, 11) is 0. The van der Waals surface area contributed by atoms with E-state index in [9.17, 15) is 22.8 Å². The Labute approximate surface area is 291 Å². The van der Waals surface area contributed by atoms with Gasteiger partial charge in [-0.2, -0.15) is 4.98 Å². The maximum Gasteiger partial charge on any atom is 0.573 e. The molecule has 0 aliphatic carbocycles. The molecule has 0 aliphatic rings. The average molecular weight is 705 g/mol. The number of alkyl halides is 3. The second-order valence-corrected chi connectivity index (χ2v) is 11.7. The molecule has 1 amide bonds. The maximum absolute atomic E-state index is 13.2. The molecule has 0 saturated heterocycles. The molecule has 0 unspecified atom stereocenters. The summed E-state index contributed by atoms with van der Waals surface area (Å²) in [6.07, 6.45) is -1.44. The number of guanidine groups is 1. The van der Waals surface area contributed by atoms with Gasteiger partial charge >= 0.3 is 18.1 Å². The van der Waals surface area contributed by atoms with E-state index >= 15 is 0 Å². The van der Waals surface area contributed by atoms with E-state index in [2.05, 4.69) is 30.3 Å². The van der Waals surface area contributed by atoms with E-state index in [-0.39, 0.29) is 18.3 Å². The zero-order valence-electron chi connectivity index (χ0n) is 27.7. The lowest BCUT2D eigenvalue weighted by molar-refractivity contribution is -0.274. The van der Waals surface area contributed by atoms with Crippen molar-refractivity contribution in [1.82, 2.24) is 25.2 Å². The molecule has 268 valence electrons. The smallest absolute Gasteiger partial charge is 0.445 e. The van der Waals surface area contributed by atoms with Gasteiger partial charge in [-0.25, -0.2) is 9.59 Å². The standard InChI is InChI=1S/C36H39F3N8O4/c37-36(38,39)51-30-18-26(9-4-5-15-44-35(49)50-23-25-7-2-1-3-8-25)17-27(19-30)31-20-28-22-47(34(48)46-32(28)45-31)29-12-10-24(11-13-29)21-42-14-6-16-43-33(40)41/h1-3,7-8,10-13,17-20,22,42H,4-6,9,14-16,21,23H2,(H,44,49)(H4,40,41,43)(H,45,46,48). The summed E-state index contributed by atoms with van der Waals surface area (Å²) in [5, 5.41) is 6.59. The van der Waals surface area contributed by atoms with Crippen LogP contribution >= 0.6 is 0 Å². The minimum atomic E-state index is -4.88. The molecular weight excluding hydrogens is 665 g/mol. The zero-order chi connectivity index (χ0) is 36.2. The highest BCUT2D eigenvalue weighted by Crippen LogP contribution is 2.31. The van der Waals surface area contributed by atoms with E-state index in [1.165, 1.54) is 16.7 Å². The first-order valence-corrected chi connectivity index (χ1v) is 16.3. The van der Waals surface area contributed by atoms with Crippen LogP contribution in [0, 0.1) is 0 Å². The summed E-state index contributed by atoms with van der Waals surface area (Å²) in [6, 6.07) is 22.8. The van der Waals surface area contributed by atoms with Gasteiger partial charge in [0.25, 0.3) is 0 Å². The minimum absolute atomic E-state index is 0.0666. The molecule has 7 N–H and O–H groups in total. The molecule has 0 bridgehead atoms. The molecule has 0 saturated carbocycles. The van der Waals surface area contributed by atoms with Gasteiger partial charge in [0.1, 0.15) is 18.0 Å². The molecule has 0 fully saturated rings. The number of alkyl carbamates (subject to hydrolysis) is 1. The van der Waals surface area contributed by atoms with Crippen LogP contribution in [-0.4, -0.2) is 52.6 Å². The summed E-state index contributed by atoms with van der Waals surface area (Å²) < 4.78 is 50.6. The Morgan fingerprint density at radius 1 is 0.922 bits per heavy atom. The van der Waals surface area contributed by atoms with Gasteiger partial charge in [0.15, 0.2) is 5.96 Å². The van der Waals surface area contributed by atoms with Gasteiger partial charge in [-0.1, -0.05) is 42.5 Å². The Morgan fingerprint density at radius 2 is 1.71 bits per heavy atom. The van der Waals surface area contributed by atoms with E-state index in [0.717, 1.165) is 24.1 Å². The fraction of sp³-hybridized carbons (Fsp3) is 0.278. The van der Waals surface area contributed by atoms with Crippen molar-refractivity contribution >= 4 is 23.1 Å². The molecule has 5 rings (SSSR count). The lowest BCUT2D eigenvalue weighted by Crippen LogP contribution is -2.25. The van der Waals surface area contributed by atoms with Crippen LogP contribution in [0.5, 0.6) is 5.75 Å². The quantitative estimate of drug-likeness (QED) is 0.0524. The van der Waals surface area contributed by atoms with Crippen molar-refractivity contribution in [3.63, 3.8) is 0 Å². The number of hydrogen-bond donors (Lipinski definition) is 5. The van der Waals surface area contributed by atoms with Gasteiger partial charge in [-0.15, -0.1) is 13.2 Å². The third kappa shape index (κ3) is 11.4. The first-order chi connectivity index (χ1) is 24.5. The highest BCUT2D eigenvalue weighted by Gasteiger charge is 2.31. The summed E-state index contributed by atoms with van der Waals surface area (Å²) in [5.74, 6) is -0.302. The van der Waals surface area contributed by atoms with Gasteiger partial charge in [0.05, 0.1) is 5.69 Å². The molecule has 12 nitrogen and oxygen atoms in total. The number of carbonyl (C=O) groups is 1. The van der Waals surface area contributed by atoms with Crippen molar-refractivity contribution in [2.24, 2.45) is 16.5 Å². The Hall–Kier alpha value is -5.83. The van der Waals surface area contributed by atoms with E-state index < -0.39 is 18.1 Å². The number of nitrogens with zero attached hydrogens (tertiary/aromatic N) is 3. The Kier molecular flexibility index (Phi) is 12.3. The SMILES string of the molecule is NC(N)=NCCCNCc1ccc(-n2cc3cc(-c4cc(CCCCNC(=O)OCc5ccccc5)cc(OC(F)(F)F)c4)[nH]c3nc2=O)cc1. The van der Waals surface area contributed by atoms with Crippen LogP contribution in [0.4, 0.5) is 18.0 Å². The zero-order valence-corrected chi connectivity index (χ0v) is 27.7. The number of aromatic nitrogens is 3. The summed E-state index contributed by atoms with van der Waals surface area (Å²) in [5.41, 5.74) is 14.4. The fourth-order valence-corrected chi connectivity index (χ4v) is 5.33. The van der Waals surface area contributed by atoms with Crippen molar-refractivity contribution in [3.05, 3.63) is 112 Å². The van der Waals surface area contributed by atoms with Gasteiger partial charge in [-0.05, 0) is 85.3 Å². The molecule has 2 heterocycles. The number of unbranched alkanes of at least 4 members (excludes halogenated alkanes) is 1. The molecule has 0 atom stereocenters. The first kappa shape index (κ1) is 36.5. The number of amides is 1. The number of carbonyl (C=O) groups excluding carboxylic acids is 1. The van der Waals surface area contributed by atoms with Crippen LogP contribution in [0.3, 0.4) is 0 Å². The number of nitrogens with two attached hydrogens (primary N) is 2. The third-order valence-corrected chi connectivity index (χ3v) is 7.74. The molecule has 5 aromatic rings. The number of benzene rings is 3. The van der Waals surface area contributed by atoms with Gasteiger partial charge in [-0.3, -0.25) is 9.56 Å². The lowest BCUT2D eigenvalue weighted by atomic mass is 10.0. The molecular formula is C36H39F3N8O4. The number of aliphatic imine (C=N–C) groups is 1. The molecule has 2 aromatic heterocycles. The molecule has 3 aromatic carbocycles. The number of rotatable bonds is 16. The van der Waals surface area contributed by atoms with Crippen molar-refractivity contribution < 1.29 is 27.4 Å². The summed E-state index contributed by atoms with van der Waals surface area (Å²) >= 11 is 0. The molecule has 0 spiro atoms. The third-order valence-electron chi connectivity index (χ3n) is 7.74. The van der Waals surface area contributed by atoms with Crippen LogP contribution in [0.1, 0.15) is 36.0 Å².